The molecule has 0 aliphatic rings. The summed E-state index contributed by atoms with van der Waals surface area (Å²) in [5.41, 5.74) is 0.756. The van der Waals surface area contributed by atoms with Crippen molar-refractivity contribution in [2.24, 2.45) is 0 Å². The molecule has 0 saturated carbocycles. The highest BCUT2D eigenvalue weighted by Gasteiger charge is 2.49. The number of aldehydes is 1. The van der Waals surface area contributed by atoms with E-state index >= 15 is 0 Å². The van der Waals surface area contributed by atoms with Crippen molar-refractivity contribution in [3.05, 3.63) is 72.3 Å². The summed E-state index contributed by atoms with van der Waals surface area (Å²) in [5.74, 6) is 0. The van der Waals surface area contributed by atoms with E-state index in [1.54, 1.807) is 0 Å². The smallest absolute Gasteiger partial charge is 0.261 e. The lowest BCUT2D eigenvalue weighted by Crippen LogP contribution is -2.66. The summed E-state index contributed by atoms with van der Waals surface area (Å²) in [6.07, 6.45) is 3.59. The van der Waals surface area contributed by atoms with Gasteiger partial charge in [0, 0.05) is 6.61 Å². The molecule has 0 spiro atoms. The van der Waals surface area contributed by atoms with Gasteiger partial charge in [0.15, 0.2) is 0 Å². The molecule has 0 heterocycles. The standard InChI is InChI=1S/C22H28O2Si/c1-19(18-23)12-11-17-24-25(22(2,3)4,20-13-7-5-8-14-20)21-15-9-6-10-16-21/h5-10,12-16,18H,11,17H2,1-4H3/b19-12+. The topological polar surface area (TPSA) is 26.3 Å². The number of carbonyl (C=O) groups excluding carboxylic acids is 1. The number of hydrogen-bond acceptors (Lipinski definition) is 2. The molecule has 0 aromatic heterocycles. The maximum Gasteiger partial charge on any atom is 0.261 e. The molecule has 2 nitrogen and oxygen atoms in total. The molecule has 3 heteroatoms. The van der Waals surface area contributed by atoms with E-state index in [0.717, 1.165) is 18.3 Å². The predicted octanol–water partition coefficient (Wildman–Crippen LogP) is 4.10. The molecular formula is C22H28O2Si. The first-order valence-corrected chi connectivity index (χ1v) is 10.7. The van der Waals surface area contributed by atoms with Gasteiger partial charge in [-0.25, -0.2) is 0 Å². The third kappa shape index (κ3) is 4.36. The minimum absolute atomic E-state index is 0.0148. The number of rotatable bonds is 7. The van der Waals surface area contributed by atoms with E-state index in [2.05, 4.69) is 69.3 Å². The summed E-state index contributed by atoms with van der Waals surface area (Å²) in [5, 5.41) is 2.55. The van der Waals surface area contributed by atoms with E-state index in [9.17, 15) is 4.79 Å². The van der Waals surface area contributed by atoms with Gasteiger partial charge >= 0.3 is 0 Å². The molecule has 0 radical (unpaired) electrons. The Morgan fingerprint density at radius 1 is 0.960 bits per heavy atom. The Hall–Kier alpha value is -1.97. The van der Waals surface area contributed by atoms with Crippen LogP contribution in [0.1, 0.15) is 34.1 Å². The molecule has 0 atom stereocenters. The molecule has 2 aromatic rings. The van der Waals surface area contributed by atoms with Crippen LogP contribution >= 0.6 is 0 Å². The average molecular weight is 353 g/mol. The van der Waals surface area contributed by atoms with Crippen LogP contribution in [0.4, 0.5) is 0 Å². The highest BCUT2D eigenvalue weighted by atomic mass is 28.4. The van der Waals surface area contributed by atoms with E-state index in [1.807, 2.05) is 25.1 Å². The van der Waals surface area contributed by atoms with Crippen LogP contribution in [0.5, 0.6) is 0 Å². The lowest BCUT2D eigenvalue weighted by Gasteiger charge is -2.43. The molecular weight excluding hydrogens is 324 g/mol. The Morgan fingerprint density at radius 2 is 1.44 bits per heavy atom. The Morgan fingerprint density at radius 3 is 1.84 bits per heavy atom. The molecule has 0 N–H and O–H groups in total. The molecule has 0 saturated heterocycles. The van der Waals surface area contributed by atoms with E-state index < -0.39 is 8.32 Å². The second-order valence-electron chi connectivity index (χ2n) is 7.37. The van der Waals surface area contributed by atoms with Gasteiger partial charge in [-0.05, 0) is 34.3 Å². The summed E-state index contributed by atoms with van der Waals surface area (Å²) in [4.78, 5) is 10.8. The first-order chi connectivity index (χ1) is 11.9. The second-order valence-corrected chi connectivity index (χ2v) is 11.7. The van der Waals surface area contributed by atoms with Gasteiger partial charge in [0.2, 0.25) is 0 Å². The predicted molar refractivity (Wildman–Crippen MR) is 108 cm³/mol. The van der Waals surface area contributed by atoms with E-state index in [-0.39, 0.29) is 5.04 Å². The summed E-state index contributed by atoms with van der Waals surface area (Å²) in [7, 11) is -2.45. The van der Waals surface area contributed by atoms with Crippen LogP contribution < -0.4 is 10.4 Å². The number of allylic oxidation sites excluding steroid dienone is 1. The van der Waals surface area contributed by atoms with Crippen molar-refractivity contribution in [1.82, 2.24) is 0 Å². The van der Waals surface area contributed by atoms with Crippen LogP contribution in [0.3, 0.4) is 0 Å². The third-order valence-electron chi connectivity index (χ3n) is 4.51. The van der Waals surface area contributed by atoms with E-state index in [1.165, 1.54) is 10.4 Å². The second kappa shape index (κ2) is 8.41. The fourth-order valence-electron chi connectivity index (χ4n) is 3.31. The Labute approximate surface area is 152 Å². The molecule has 0 aliphatic heterocycles. The molecule has 0 unspecified atom stereocenters. The zero-order valence-corrected chi connectivity index (χ0v) is 16.7. The van der Waals surface area contributed by atoms with E-state index in [4.69, 9.17) is 4.43 Å². The minimum Gasteiger partial charge on any atom is -0.407 e. The Kier molecular flexibility index (Phi) is 6.51. The quantitative estimate of drug-likeness (QED) is 0.325. The first kappa shape index (κ1) is 19.4. The molecule has 0 fully saturated rings. The minimum atomic E-state index is -2.45. The maximum absolute atomic E-state index is 10.8. The number of hydrogen-bond donors (Lipinski definition) is 0. The van der Waals surface area contributed by atoms with Gasteiger partial charge in [-0.15, -0.1) is 0 Å². The largest absolute Gasteiger partial charge is 0.407 e. The van der Waals surface area contributed by atoms with Crippen LogP contribution in [-0.4, -0.2) is 21.2 Å². The van der Waals surface area contributed by atoms with Gasteiger partial charge in [-0.3, -0.25) is 4.79 Å². The highest BCUT2D eigenvalue weighted by Crippen LogP contribution is 2.36. The fourth-order valence-corrected chi connectivity index (χ4v) is 7.89. The average Bonchev–Trinajstić information content (AvgIpc) is 2.62. The lowest BCUT2D eigenvalue weighted by atomic mass is 10.2. The van der Waals surface area contributed by atoms with Crippen LogP contribution in [-0.2, 0) is 9.22 Å². The molecule has 0 amide bonds. The van der Waals surface area contributed by atoms with Crippen LogP contribution in [0.2, 0.25) is 5.04 Å². The number of benzene rings is 2. The summed E-state index contributed by atoms with van der Waals surface area (Å²) >= 11 is 0. The van der Waals surface area contributed by atoms with Gasteiger partial charge in [0.1, 0.15) is 6.29 Å². The van der Waals surface area contributed by atoms with Crippen molar-refractivity contribution in [2.45, 2.75) is 39.2 Å². The van der Waals surface area contributed by atoms with Crippen molar-refractivity contribution in [3.63, 3.8) is 0 Å². The monoisotopic (exact) mass is 352 g/mol. The summed E-state index contributed by atoms with van der Waals surface area (Å²) in [6.45, 7) is 9.25. The molecule has 0 bridgehead atoms. The van der Waals surface area contributed by atoms with Crippen molar-refractivity contribution < 1.29 is 9.22 Å². The lowest BCUT2D eigenvalue weighted by molar-refractivity contribution is -0.104. The van der Waals surface area contributed by atoms with Crippen molar-refractivity contribution in [2.75, 3.05) is 6.61 Å². The molecule has 132 valence electrons. The highest BCUT2D eigenvalue weighted by molar-refractivity contribution is 6.99. The third-order valence-corrected chi connectivity index (χ3v) is 9.55. The van der Waals surface area contributed by atoms with Crippen molar-refractivity contribution >= 4 is 25.0 Å². The van der Waals surface area contributed by atoms with Crippen LogP contribution in [0.25, 0.3) is 0 Å². The zero-order chi connectivity index (χ0) is 18.3. The number of carbonyl (C=O) groups is 1. The van der Waals surface area contributed by atoms with Gasteiger partial charge in [-0.2, -0.15) is 0 Å². The van der Waals surface area contributed by atoms with Gasteiger partial charge in [-0.1, -0.05) is 87.5 Å². The molecule has 25 heavy (non-hydrogen) atoms. The van der Waals surface area contributed by atoms with Crippen LogP contribution in [0.15, 0.2) is 72.3 Å². The molecule has 0 aliphatic carbocycles. The van der Waals surface area contributed by atoms with Gasteiger partial charge in [0.05, 0.1) is 0 Å². The van der Waals surface area contributed by atoms with Crippen LogP contribution in [0, 0.1) is 0 Å². The maximum atomic E-state index is 10.8. The normalized spacial score (nSPS) is 12.9. The van der Waals surface area contributed by atoms with Crippen molar-refractivity contribution in [3.8, 4) is 0 Å². The van der Waals surface area contributed by atoms with Gasteiger partial charge in [0.25, 0.3) is 8.32 Å². The van der Waals surface area contributed by atoms with Gasteiger partial charge < -0.3 is 4.43 Å². The fraction of sp³-hybridized carbons (Fsp3) is 0.318. The zero-order valence-electron chi connectivity index (χ0n) is 15.7. The molecule has 2 aromatic carbocycles. The summed E-state index contributed by atoms with van der Waals surface area (Å²) < 4.78 is 6.74. The Bertz CT molecular complexity index is 660. The summed E-state index contributed by atoms with van der Waals surface area (Å²) in [6, 6.07) is 21.2. The van der Waals surface area contributed by atoms with Crippen molar-refractivity contribution in [1.29, 1.82) is 0 Å². The molecule has 2 rings (SSSR count). The SMILES string of the molecule is C/C(C=O)=C\CCO[Si](c1ccccc1)(c1ccccc1)C(C)(C)C. The van der Waals surface area contributed by atoms with E-state index in [0.29, 0.717) is 6.61 Å². The Balaban J connectivity index is 2.47. The first-order valence-electron chi connectivity index (χ1n) is 8.79.